The first-order valence-electron chi connectivity index (χ1n) is 4.50. The molecule has 0 bridgehead atoms. The summed E-state index contributed by atoms with van der Waals surface area (Å²) in [5.74, 6) is 0.736. The zero-order valence-corrected chi connectivity index (χ0v) is 10.7. The van der Waals surface area contributed by atoms with Crippen LogP contribution in [0.5, 0.6) is 5.75 Å². The van der Waals surface area contributed by atoms with Crippen molar-refractivity contribution in [2.75, 3.05) is 7.11 Å². The molecule has 0 amide bonds. The Morgan fingerprint density at radius 3 is 2.62 bits per heavy atom. The lowest BCUT2D eigenvalue weighted by molar-refractivity contribution is 0.409. The smallest absolute Gasteiger partial charge is 0.211 e. The molecule has 4 N–H and O–H groups in total. The van der Waals surface area contributed by atoms with Gasteiger partial charge in [-0.1, -0.05) is 0 Å². The molecule has 6 heteroatoms. The highest BCUT2D eigenvalue weighted by molar-refractivity contribution is 9.10. The van der Waals surface area contributed by atoms with E-state index in [1.54, 1.807) is 13.3 Å². The minimum absolute atomic E-state index is 0.0689. The summed E-state index contributed by atoms with van der Waals surface area (Å²) in [6.45, 7) is 1.95. The first-order chi connectivity index (χ1) is 7.54. The quantitative estimate of drug-likeness (QED) is 0.499. The minimum Gasteiger partial charge on any atom is -0.495 e. The third-order valence-electron chi connectivity index (χ3n) is 1.84. The Labute approximate surface area is 102 Å². The van der Waals surface area contributed by atoms with E-state index in [2.05, 4.69) is 26.1 Å². The molecule has 0 fully saturated rings. The van der Waals surface area contributed by atoms with Crippen LogP contribution in [0.1, 0.15) is 11.1 Å². The Bertz CT molecular complexity index is 415. The SMILES string of the molecule is COc1c(C)cc(/C=N/N=C(N)N)cc1Br. The monoisotopic (exact) mass is 284 g/mol. The molecular formula is C10H13BrN4O. The van der Waals surface area contributed by atoms with E-state index in [9.17, 15) is 0 Å². The molecule has 0 aromatic heterocycles. The lowest BCUT2D eigenvalue weighted by Gasteiger charge is -2.07. The van der Waals surface area contributed by atoms with Gasteiger partial charge in [0.15, 0.2) is 0 Å². The highest BCUT2D eigenvalue weighted by atomic mass is 79.9. The van der Waals surface area contributed by atoms with Gasteiger partial charge in [0.1, 0.15) is 5.75 Å². The number of hydrogen-bond donors (Lipinski definition) is 2. The maximum absolute atomic E-state index is 5.21. The van der Waals surface area contributed by atoms with Crippen LogP contribution in [-0.2, 0) is 0 Å². The van der Waals surface area contributed by atoms with E-state index in [4.69, 9.17) is 16.2 Å². The fourth-order valence-electron chi connectivity index (χ4n) is 1.25. The van der Waals surface area contributed by atoms with Crippen molar-refractivity contribution in [1.29, 1.82) is 0 Å². The lowest BCUT2D eigenvalue weighted by atomic mass is 10.1. The molecular weight excluding hydrogens is 272 g/mol. The van der Waals surface area contributed by atoms with Crippen molar-refractivity contribution in [2.24, 2.45) is 21.7 Å². The van der Waals surface area contributed by atoms with Crippen molar-refractivity contribution < 1.29 is 4.74 Å². The van der Waals surface area contributed by atoms with E-state index in [0.717, 1.165) is 21.3 Å². The highest BCUT2D eigenvalue weighted by Gasteiger charge is 2.04. The number of benzene rings is 1. The van der Waals surface area contributed by atoms with Gasteiger partial charge in [0, 0.05) is 0 Å². The summed E-state index contributed by atoms with van der Waals surface area (Å²) in [6.07, 6.45) is 1.57. The normalized spacial score (nSPS) is 10.4. The largest absolute Gasteiger partial charge is 0.495 e. The lowest BCUT2D eigenvalue weighted by Crippen LogP contribution is -2.21. The predicted molar refractivity (Wildman–Crippen MR) is 68.8 cm³/mol. The zero-order valence-electron chi connectivity index (χ0n) is 9.07. The van der Waals surface area contributed by atoms with E-state index in [0.29, 0.717) is 0 Å². The van der Waals surface area contributed by atoms with Crippen LogP contribution in [0.3, 0.4) is 0 Å². The summed E-state index contributed by atoms with van der Waals surface area (Å²) in [5.41, 5.74) is 12.2. The Morgan fingerprint density at radius 1 is 1.44 bits per heavy atom. The Kier molecular flexibility index (Phi) is 4.30. The molecule has 0 atom stereocenters. The number of hydrogen-bond acceptors (Lipinski definition) is 3. The third kappa shape index (κ3) is 3.23. The second-order valence-electron chi connectivity index (χ2n) is 3.12. The number of rotatable bonds is 3. The van der Waals surface area contributed by atoms with Gasteiger partial charge >= 0.3 is 0 Å². The molecule has 5 nitrogen and oxygen atoms in total. The van der Waals surface area contributed by atoms with Crippen molar-refractivity contribution in [3.63, 3.8) is 0 Å². The summed E-state index contributed by atoms with van der Waals surface area (Å²) in [7, 11) is 1.63. The predicted octanol–water partition coefficient (Wildman–Crippen LogP) is 1.37. The van der Waals surface area contributed by atoms with Gasteiger partial charge in [-0.3, -0.25) is 0 Å². The van der Waals surface area contributed by atoms with E-state index in [1.807, 2.05) is 19.1 Å². The average molecular weight is 285 g/mol. The molecule has 0 unspecified atom stereocenters. The molecule has 0 heterocycles. The van der Waals surface area contributed by atoms with Gasteiger partial charge in [-0.15, -0.1) is 5.10 Å². The molecule has 1 aromatic rings. The molecule has 0 spiro atoms. The Balaban J connectivity index is 3.00. The number of nitrogens with two attached hydrogens (primary N) is 2. The summed E-state index contributed by atoms with van der Waals surface area (Å²) in [4.78, 5) is 0. The van der Waals surface area contributed by atoms with Gasteiger partial charge < -0.3 is 16.2 Å². The molecule has 0 saturated carbocycles. The standard InChI is InChI=1S/C10H13BrN4O/c1-6-3-7(5-14-15-10(12)13)4-8(11)9(6)16-2/h3-5H,1-2H3,(H4,12,13,15)/b14-5+. The van der Waals surface area contributed by atoms with Crippen molar-refractivity contribution in [1.82, 2.24) is 0 Å². The van der Waals surface area contributed by atoms with Crippen LogP contribution < -0.4 is 16.2 Å². The molecule has 1 rings (SSSR count). The first-order valence-corrected chi connectivity index (χ1v) is 5.30. The second-order valence-corrected chi connectivity index (χ2v) is 3.98. The van der Waals surface area contributed by atoms with Crippen molar-refractivity contribution in [2.45, 2.75) is 6.92 Å². The van der Waals surface area contributed by atoms with Crippen molar-refractivity contribution in [3.8, 4) is 5.75 Å². The Morgan fingerprint density at radius 2 is 2.12 bits per heavy atom. The topological polar surface area (TPSA) is 86.0 Å². The van der Waals surface area contributed by atoms with Gasteiger partial charge in [0.25, 0.3) is 0 Å². The fraction of sp³-hybridized carbons (Fsp3) is 0.200. The number of aryl methyl sites for hydroxylation is 1. The van der Waals surface area contributed by atoms with E-state index in [1.165, 1.54) is 0 Å². The van der Waals surface area contributed by atoms with Gasteiger partial charge in [-0.05, 0) is 46.1 Å². The molecule has 86 valence electrons. The van der Waals surface area contributed by atoms with Crippen LogP contribution in [0.4, 0.5) is 0 Å². The Hall–Kier alpha value is -1.56. The third-order valence-corrected chi connectivity index (χ3v) is 2.42. The van der Waals surface area contributed by atoms with Crippen LogP contribution in [0.15, 0.2) is 26.8 Å². The second kappa shape index (κ2) is 5.50. The number of guanidine groups is 1. The van der Waals surface area contributed by atoms with Gasteiger partial charge in [0.2, 0.25) is 5.96 Å². The molecule has 0 aliphatic heterocycles. The summed E-state index contributed by atoms with van der Waals surface area (Å²) >= 11 is 3.41. The number of halogens is 1. The fourth-order valence-corrected chi connectivity index (χ4v) is 1.99. The van der Waals surface area contributed by atoms with Crippen LogP contribution in [0, 0.1) is 6.92 Å². The van der Waals surface area contributed by atoms with E-state index in [-0.39, 0.29) is 5.96 Å². The van der Waals surface area contributed by atoms with Gasteiger partial charge in [-0.25, -0.2) is 0 Å². The van der Waals surface area contributed by atoms with Crippen LogP contribution in [-0.4, -0.2) is 19.3 Å². The molecule has 0 saturated heterocycles. The van der Waals surface area contributed by atoms with E-state index < -0.39 is 0 Å². The van der Waals surface area contributed by atoms with Crippen LogP contribution >= 0.6 is 15.9 Å². The average Bonchev–Trinajstić information content (AvgIpc) is 2.16. The molecule has 0 aliphatic carbocycles. The van der Waals surface area contributed by atoms with Crippen molar-refractivity contribution in [3.05, 3.63) is 27.7 Å². The highest BCUT2D eigenvalue weighted by Crippen LogP contribution is 2.29. The van der Waals surface area contributed by atoms with Crippen molar-refractivity contribution >= 4 is 28.1 Å². The number of ether oxygens (including phenoxy) is 1. The first kappa shape index (κ1) is 12.5. The molecule has 1 aromatic carbocycles. The summed E-state index contributed by atoms with van der Waals surface area (Å²) < 4.78 is 6.08. The molecule has 0 aliphatic rings. The minimum atomic E-state index is -0.0689. The number of methoxy groups -OCH3 is 1. The van der Waals surface area contributed by atoms with Gasteiger partial charge in [-0.2, -0.15) is 5.10 Å². The van der Waals surface area contributed by atoms with E-state index >= 15 is 0 Å². The van der Waals surface area contributed by atoms with Crippen LogP contribution in [0.2, 0.25) is 0 Å². The zero-order chi connectivity index (χ0) is 12.1. The van der Waals surface area contributed by atoms with Gasteiger partial charge in [0.05, 0.1) is 17.8 Å². The molecule has 0 radical (unpaired) electrons. The maximum atomic E-state index is 5.21. The number of nitrogens with zero attached hydrogens (tertiary/aromatic N) is 2. The molecule has 16 heavy (non-hydrogen) atoms. The maximum Gasteiger partial charge on any atom is 0.211 e. The van der Waals surface area contributed by atoms with Crippen LogP contribution in [0.25, 0.3) is 0 Å². The summed E-state index contributed by atoms with van der Waals surface area (Å²) in [6, 6.07) is 3.80. The summed E-state index contributed by atoms with van der Waals surface area (Å²) in [5, 5.41) is 7.25.